The minimum atomic E-state index is -0.616. The molecule has 1 atom stereocenters. The van der Waals surface area contributed by atoms with Crippen LogP contribution in [-0.2, 0) is 22.6 Å². The van der Waals surface area contributed by atoms with Crippen LogP contribution in [0.25, 0.3) is 5.69 Å². The summed E-state index contributed by atoms with van der Waals surface area (Å²) in [6.07, 6.45) is 7.19. The molecule has 158 valence electrons. The van der Waals surface area contributed by atoms with Gasteiger partial charge in [0.2, 0.25) is 11.8 Å². The molecule has 2 N–H and O–H groups in total. The number of unbranched alkanes of at least 4 members (excludes halogenated alkanes) is 3. The van der Waals surface area contributed by atoms with Gasteiger partial charge in [0.15, 0.2) is 0 Å². The summed E-state index contributed by atoms with van der Waals surface area (Å²) < 4.78 is 1.70. The second-order valence-electron chi connectivity index (χ2n) is 7.78. The van der Waals surface area contributed by atoms with Gasteiger partial charge in [-0.05, 0) is 49.4 Å². The first-order valence-electron chi connectivity index (χ1n) is 10.4. The molecular formula is C21H25N5O4. The van der Waals surface area contributed by atoms with E-state index < -0.39 is 11.9 Å². The fourth-order valence-corrected chi connectivity index (χ4v) is 4.01. The normalized spacial score (nSPS) is 18.6. The highest BCUT2D eigenvalue weighted by Crippen LogP contribution is 2.29. The van der Waals surface area contributed by atoms with Crippen LogP contribution >= 0.6 is 0 Å². The summed E-state index contributed by atoms with van der Waals surface area (Å²) in [4.78, 5) is 37.9. The van der Waals surface area contributed by atoms with Gasteiger partial charge in [-0.1, -0.05) is 18.1 Å². The van der Waals surface area contributed by atoms with Crippen molar-refractivity contribution in [3.63, 3.8) is 0 Å². The van der Waals surface area contributed by atoms with E-state index in [2.05, 4.69) is 15.6 Å². The van der Waals surface area contributed by atoms with Gasteiger partial charge in [-0.15, -0.1) is 5.10 Å². The van der Waals surface area contributed by atoms with Crippen molar-refractivity contribution in [2.45, 2.75) is 57.5 Å². The minimum Gasteiger partial charge on any atom is -0.396 e. The van der Waals surface area contributed by atoms with Gasteiger partial charge in [-0.3, -0.25) is 19.7 Å². The lowest BCUT2D eigenvalue weighted by Crippen LogP contribution is -2.52. The maximum Gasteiger partial charge on any atom is 0.255 e. The molecule has 4 rings (SSSR count). The van der Waals surface area contributed by atoms with Crippen molar-refractivity contribution in [1.82, 2.24) is 25.2 Å². The fourth-order valence-electron chi connectivity index (χ4n) is 4.01. The lowest BCUT2D eigenvalue weighted by Gasteiger charge is -2.29. The van der Waals surface area contributed by atoms with E-state index in [4.69, 9.17) is 5.11 Å². The van der Waals surface area contributed by atoms with E-state index in [0.717, 1.165) is 49.0 Å². The van der Waals surface area contributed by atoms with Gasteiger partial charge >= 0.3 is 0 Å². The van der Waals surface area contributed by atoms with Crippen molar-refractivity contribution >= 4 is 17.7 Å². The second kappa shape index (κ2) is 8.74. The zero-order valence-corrected chi connectivity index (χ0v) is 16.7. The molecule has 3 amide bonds. The number of hydrogen-bond acceptors (Lipinski definition) is 6. The first-order valence-corrected chi connectivity index (χ1v) is 10.4. The molecule has 1 aromatic carbocycles. The molecule has 1 fully saturated rings. The highest BCUT2D eigenvalue weighted by atomic mass is 16.3. The number of fused-ring (bicyclic) bond motifs is 1. The van der Waals surface area contributed by atoms with Crippen LogP contribution in [0, 0.1) is 0 Å². The van der Waals surface area contributed by atoms with Crippen molar-refractivity contribution in [3.05, 3.63) is 41.2 Å². The third-order valence-electron chi connectivity index (χ3n) is 5.65. The summed E-state index contributed by atoms with van der Waals surface area (Å²) >= 11 is 0. The Hall–Kier alpha value is -3.07. The molecule has 2 aliphatic heterocycles. The van der Waals surface area contributed by atoms with Crippen LogP contribution in [0.1, 0.15) is 60.1 Å². The standard InChI is InChI=1S/C21H25N5O4/c27-10-4-2-1-3-5-15-13-26(24-23-15)16-6-7-17-14(11-16)12-25(21(17)30)18-8-9-19(28)22-20(18)29/h6-7,11,13,18,27H,1-5,8-10,12H2,(H,22,28,29). The van der Waals surface area contributed by atoms with E-state index in [-0.39, 0.29) is 24.8 Å². The quantitative estimate of drug-likeness (QED) is 0.497. The van der Waals surface area contributed by atoms with E-state index in [0.29, 0.717) is 18.5 Å². The van der Waals surface area contributed by atoms with Crippen LogP contribution in [0.4, 0.5) is 0 Å². The number of amides is 3. The van der Waals surface area contributed by atoms with E-state index in [1.54, 1.807) is 10.7 Å². The minimum absolute atomic E-state index is 0.187. The largest absolute Gasteiger partial charge is 0.396 e. The number of aliphatic hydroxyl groups is 1. The van der Waals surface area contributed by atoms with Crippen molar-refractivity contribution < 1.29 is 19.5 Å². The molecule has 9 heteroatoms. The number of nitrogens with zero attached hydrogens (tertiary/aromatic N) is 4. The molecule has 9 nitrogen and oxygen atoms in total. The number of aromatic nitrogens is 3. The number of benzene rings is 1. The van der Waals surface area contributed by atoms with Gasteiger partial charge in [-0.25, -0.2) is 4.68 Å². The number of aryl methyl sites for hydroxylation is 1. The summed E-state index contributed by atoms with van der Waals surface area (Å²) in [5.74, 6) is -0.890. The topological polar surface area (TPSA) is 117 Å². The van der Waals surface area contributed by atoms with Crippen LogP contribution in [0.15, 0.2) is 24.4 Å². The van der Waals surface area contributed by atoms with Crippen LogP contribution in [0.3, 0.4) is 0 Å². The molecule has 1 aromatic heterocycles. The van der Waals surface area contributed by atoms with Crippen molar-refractivity contribution in [2.75, 3.05) is 6.61 Å². The molecule has 30 heavy (non-hydrogen) atoms. The zero-order chi connectivity index (χ0) is 21.1. The molecule has 3 heterocycles. The molecule has 0 saturated carbocycles. The van der Waals surface area contributed by atoms with Crippen LogP contribution in [-0.4, -0.2) is 55.4 Å². The third kappa shape index (κ3) is 4.11. The smallest absolute Gasteiger partial charge is 0.255 e. The first-order chi connectivity index (χ1) is 14.6. The Labute approximate surface area is 174 Å². The highest BCUT2D eigenvalue weighted by molar-refractivity contribution is 6.05. The number of carbonyl (C=O) groups excluding carboxylic acids is 3. The van der Waals surface area contributed by atoms with Crippen LogP contribution in [0.5, 0.6) is 0 Å². The van der Waals surface area contributed by atoms with E-state index in [1.807, 2.05) is 18.3 Å². The second-order valence-corrected chi connectivity index (χ2v) is 7.78. The Morgan fingerprint density at radius 1 is 1.13 bits per heavy atom. The lowest BCUT2D eigenvalue weighted by molar-refractivity contribution is -0.136. The van der Waals surface area contributed by atoms with Crippen molar-refractivity contribution in [3.8, 4) is 5.69 Å². The van der Waals surface area contributed by atoms with Crippen LogP contribution in [0.2, 0.25) is 0 Å². The number of aliphatic hydroxyl groups excluding tert-OH is 1. The summed E-state index contributed by atoms with van der Waals surface area (Å²) in [6, 6.07) is 4.87. The number of piperidine rings is 1. The van der Waals surface area contributed by atoms with E-state index in [9.17, 15) is 14.4 Å². The molecule has 2 aromatic rings. The lowest BCUT2D eigenvalue weighted by atomic mass is 10.0. The fraction of sp³-hybridized carbons (Fsp3) is 0.476. The SMILES string of the molecule is O=C1CCC(N2Cc3cc(-n4cc(CCCCCCO)nn4)ccc3C2=O)C(=O)N1. The molecule has 0 aliphatic carbocycles. The summed E-state index contributed by atoms with van der Waals surface area (Å²) in [7, 11) is 0. The molecule has 1 saturated heterocycles. The maximum atomic E-state index is 12.8. The van der Waals surface area contributed by atoms with Gasteiger partial charge < -0.3 is 10.0 Å². The summed E-state index contributed by atoms with van der Waals surface area (Å²) in [5.41, 5.74) is 3.13. The zero-order valence-electron chi connectivity index (χ0n) is 16.7. The number of nitrogens with one attached hydrogen (secondary N) is 1. The Bertz CT molecular complexity index is 970. The number of imide groups is 1. The average Bonchev–Trinajstić information content (AvgIpc) is 3.33. The molecule has 0 spiro atoms. The third-order valence-corrected chi connectivity index (χ3v) is 5.65. The first kappa shape index (κ1) is 20.2. The molecule has 0 bridgehead atoms. The highest BCUT2D eigenvalue weighted by Gasteiger charge is 2.39. The van der Waals surface area contributed by atoms with Gasteiger partial charge in [0.1, 0.15) is 6.04 Å². The Morgan fingerprint density at radius 3 is 2.77 bits per heavy atom. The average molecular weight is 411 g/mol. The van der Waals surface area contributed by atoms with E-state index in [1.165, 1.54) is 4.90 Å². The molecular weight excluding hydrogens is 386 g/mol. The number of rotatable bonds is 8. The number of hydrogen-bond donors (Lipinski definition) is 2. The Kier molecular flexibility index (Phi) is 5.89. The predicted octanol–water partition coefficient (Wildman–Crippen LogP) is 1.12. The Morgan fingerprint density at radius 2 is 1.97 bits per heavy atom. The van der Waals surface area contributed by atoms with Gasteiger partial charge in [0.05, 0.1) is 17.6 Å². The van der Waals surface area contributed by atoms with E-state index >= 15 is 0 Å². The molecule has 2 aliphatic rings. The van der Waals surface area contributed by atoms with Crippen LogP contribution < -0.4 is 5.32 Å². The Balaban J connectivity index is 1.43. The van der Waals surface area contributed by atoms with Gasteiger partial charge in [0.25, 0.3) is 5.91 Å². The van der Waals surface area contributed by atoms with Gasteiger partial charge in [-0.2, -0.15) is 0 Å². The van der Waals surface area contributed by atoms with Crippen molar-refractivity contribution in [1.29, 1.82) is 0 Å². The predicted molar refractivity (Wildman–Crippen MR) is 107 cm³/mol. The van der Waals surface area contributed by atoms with Gasteiger partial charge in [0, 0.05) is 25.1 Å². The van der Waals surface area contributed by atoms with Crippen molar-refractivity contribution in [2.24, 2.45) is 0 Å². The molecule has 0 radical (unpaired) electrons. The summed E-state index contributed by atoms with van der Waals surface area (Å²) in [5, 5.41) is 19.6. The molecule has 1 unspecified atom stereocenters. The summed E-state index contributed by atoms with van der Waals surface area (Å²) in [6.45, 7) is 0.568. The number of carbonyl (C=O) groups is 3. The maximum absolute atomic E-state index is 12.8. The monoisotopic (exact) mass is 411 g/mol.